The summed E-state index contributed by atoms with van der Waals surface area (Å²) in [5.41, 5.74) is 1.48. The lowest BCUT2D eigenvalue weighted by Gasteiger charge is -2.54. The van der Waals surface area contributed by atoms with Gasteiger partial charge in [-0.1, -0.05) is 11.6 Å². The lowest BCUT2D eigenvalue weighted by molar-refractivity contribution is -0.00290. The molecule has 4 heteroatoms. The first-order chi connectivity index (χ1) is 9.24. The average Bonchev–Trinajstić information content (AvgIpc) is 2.39. The van der Waals surface area contributed by atoms with E-state index in [1.165, 1.54) is 32.1 Å². The lowest BCUT2D eigenvalue weighted by Crippen LogP contribution is -2.43. The molecule has 1 aromatic heterocycles. The third kappa shape index (κ3) is 1.77. The average molecular weight is 274 g/mol. The molecule has 0 saturated heterocycles. The second kappa shape index (κ2) is 4.18. The number of halogens is 1. The Labute approximate surface area is 118 Å². The van der Waals surface area contributed by atoms with Gasteiger partial charge in [0.05, 0.1) is 0 Å². The maximum Gasteiger partial charge on any atom is 0.163 e. The van der Waals surface area contributed by atoms with Crippen LogP contribution in [0.1, 0.15) is 49.3 Å². The van der Waals surface area contributed by atoms with Crippen molar-refractivity contribution in [2.75, 3.05) is 0 Å². The lowest BCUT2D eigenvalue weighted by atomic mass is 9.51. The molecule has 4 fully saturated rings. The van der Waals surface area contributed by atoms with Crippen LogP contribution in [-0.4, -0.2) is 10.2 Å². The molecule has 4 saturated carbocycles. The van der Waals surface area contributed by atoms with E-state index in [0.717, 1.165) is 29.2 Å². The highest BCUT2D eigenvalue weighted by molar-refractivity contribution is 6.30. The first kappa shape index (κ1) is 11.7. The van der Waals surface area contributed by atoms with Gasteiger partial charge in [-0.25, -0.2) is 0 Å². The number of nitriles is 1. The quantitative estimate of drug-likeness (QED) is 0.786. The third-order valence-electron chi connectivity index (χ3n) is 5.48. The van der Waals surface area contributed by atoms with Crippen molar-refractivity contribution in [1.82, 2.24) is 10.2 Å². The van der Waals surface area contributed by atoms with Crippen molar-refractivity contribution in [3.63, 3.8) is 0 Å². The molecule has 4 aliphatic carbocycles. The topological polar surface area (TPSA) is 49.6 Å². The second-order valence-electron chi connectivity index (χ2n) is 6.54. The molecule has 0 unspecified atom stereocenters. The van der Waals surface area contributed by atoms with Gasteiger partial charge in [-0.2, -0.15) is 5.26 Å². The van der Waals surface area contributed by atoms with Crippen molar-refractivity contribution in [3.05, 3.63) is 22.5 Å². The molecule has 1 aromatic rings. The number of nitrogens with zero attached hydrogens (tertiary/aromatic N) is 3. The molecular formula is C15H16ClN3. The van der Waals surface area contributed by atoms with Crippen molar-refractivity contribution in [2.24, 2.45) is 23.7 Å². The van der Waals surface area contributed by atoms with Crippen LogP contribution in [-0.2, 0) is 0 Å². The Balaban J connectivity index is 1.75. The number of rotatable bonds is 1. The minimum Gasteiger partial charge on any atom is -0.191 e. The van der Waals surface area contributed by atoms with E-state index in [4.69, 9.17) is 16.9 Å². The number of hydrogen-bond donors (Lipinski definition) is 0. The van der Waals surface area contributed by atoms with Crippen LogP contribution >= 0.6 is 11.6 Å². The summed E-state index contributed by atoms with van der Waals surface area (Å²) < 4.78 is 0. The van der Waals surface area contributed by atoms with Crippen LogP contribution in [0.3, 0.4) is 0 Å². The maximum absolute atomic E-state index is 9.01. The van der Waals surface area contributed by atoms with E-state index < -0.39 is 0 Å². The Morgan fingerprint density at radius 1 is 1.05 bits per heavy atom. The third-order valence-corrected chi connectivity index (χ3v) is 5.77. The monoisotopic (exact) mass is 273 g/mol. The fourth-order valence-corrected chi connectivity index (χ4v) is 5.33. The molecule has 0 spiro atoms. The molecule has 0 N–H and O–H groups in total. The van der Waals surface area contributed by atoms with Crippen LogP contribution in [0.15, 0.2) is 6.07 Å². The molecular weight excluding hydrogens is 258 g/mol. The minimum atomic E-state index is 0.396. The van der Waals surface area contributed by atoms with Crippen LogP contribution in [0, 0.1) is 35.0 Å². The molecule has 0 amide bonds. The SMILES string of the molecule is N#Cc1cc(C2C3CC4CC(C3)CC2C4)c(Cl)nn1. The van der Waals surface area contributed by atoms with Crippen molar-refractivity contribution in [3.8, 4) is 6.07 Å². The summed E-state index contributed by atoms with van der Waals surface area (Å²) in [6, 6.07) is 3.96. The fourth-order valence-electron chi connectivity index (χ4n) is 5.11. The smallest absolute Gasteiger partial charge is 0.163 e. The van der Waals surface area contributed by atoms with Gasteiger partial charge in [0.15, 0.2) is 10.8 Å². The Hall–Kier alpha value is -1.14. The van der Waals surface area contributed by atoms with E-state index >= 15 is 0 Å². The predicted molar refractivity (Wildman–Crippen MR) is 71.5 cm³/mol. The largest absolute Gasteiger partial charge is 0.191 e. The molecule has 0 atom stereocenters. The summed E-state index contributed by atoms with van der Waals surface area (Å²) in [4.78, 5) is 0. The Morgan fingerprint density at radius 3 is 2.26 bits per heavy atom. The molecule has 4 bridgehead atoms. The van der Waals surface area contributed by atoms with Gasteiger partial charge in [-0.3, -0.25) is 0 Å². The highest BCUT2D eigenvalue weighted by Gasteiger charge is 2.49. The standard InChI is InChI=1S/C15H16ClN3/c16-15-13(6-12(7-17)18-19-15)14-10-2-8-1-9(4-10)5-11(14)3-8/h6,8-11,14H,1-5H2. The summed E-state index contributed by atoms with van der Waals surface area (Å²) in [6.45, 7) is 0. The molecule has 5 rings (SSSR count). The first-order valence-corrected chi connectivity index (χ1v) is 7.55. The summed E-state index contributed by atoms with van der Waals surface area (Å²) in [5.74, 6) is 3.92. The van der Waals surface area contributed by atoms with Gasteiger partial charge in [-0.05, 0) is 73.3 Å². The van der Waals surface area contributed by atoms with Crippen LogP contribution in [0.5, 0.6) is 0 Å². The van der Waals surface area contributed by atoms with Gasteiger partial charge >= 0.3 is 0 Å². The van der Waals surface area contributed by atoms with Crippen molar-refractivity contribution in [2.45, 2.75) is 38.0 Å². The summed E-state index contributed by atoms with van der Waals surface area (Å²) in [6.07, 6.45) is 6.83. The van der Waals surface area contributed by atoms with E-state index in [1.807, 2.05) is 6.07 Å². The minimum absolute atomic E-state index is 0.396. The zero-order valence-electron chi connectivity index (χ0n) is 10.7. The van der Waals surface area contributed by atoms with Gasteiger partial charge in [0.1, 0.15) is 6.07 Å². The first-order valence-electron chi connectivity index (χ1n) is 7.17. The van der Waals surface area contributed by atoms with Crippen LogP contribution in [0.2, 0.25) is 5.15 Å². The molecule has 3 nitrogen and oxygen atoms in total. The molecule has 1 heterocycles. The van der Waals surface area contributed by atoms with Gasteiger partial charge < -0.3 is 0 Å². The number of hydrogen-bond acceptors (Lipinski definition) is 3. The van der Waals surface area contributed by atoms with E-state index in [9.17, 15) is 0 Å². The molecule has 0 radical (unpaired) electrons. The molecule has 0 aliphatic heterocycles. The van der Waals surface area contributed by atoms with E-state index in [2.05, 4.69) is 16.3 Å². The molecule has 4 aliphatic rings. The summed E-state index contributed by atoms with van der Waals surface area (Å²) in [7, 11) is 0. The highest BCUT2D eigenvalue weighted by Crippen LogP contribution is 2.60. The highest BCUT2D eigenvalue weighted by atomic mass is 35.5. The van der Waals surface area contributed by atoms with Crippen molar-refractivity contribution in [1.29, 1.82) is 5.26 Å². The van der Waals surface area contributed by atoms with Crippen LogP contribution in [0.4, 0.5) is 0 Å². The predicted octanol–water partition coefficient (Wildman–Crippen LogP) is 3.54. The number of aromatic nitrogens is 2. The Morgan fingerprint density at radius 2 is 1.68 bits per heavy atom. The Bertz CT molecular complexity index is 535. The van der Waals surface area contributed by atoms with Gasteiger partial charge in [0.2, 0.25) is 0 Å². The normalized spacial score (nSPS) is 39.3. The fraction of sp³-hybridized carbons (Fsp3) is 0.667. The molecule has 98 valence electrons. The summed E-state index contributed by atoms with van der Waals surface area (Å²) >= 11 is 6.26. The Kier molecular flexibility index (Phi) is 2.57. The zero-order valence-corrected chi connectivity index (χ0v) is 11.5. The van der Waals surface area contributed by atoms with Gasteiger partial charge in [0, 0.05) is 0 Å². The van der Waals surface area contributed by atoms with E-state index in [1.54, 1.807) is 0 Å². The van der Waals surface area contributed by atoms with E-state index in [-0.39, 0.29) is 0 Å². The van der Waals surface area contributed by atoms with Crippen molar-refractivity contribution < 1.29 is 0 Å². The van der Waals surface area contributed by atoms with Crippen molar-refractivity contribution >= 4 is 11.6 Å². The van der Waals surface area contributed by atoms with E-state index in [0.29, 0.717) is 16.8 Å². The zero-order chi connectivity index (χ0) is 13.0. The maximum atomic E-state index is 9.01. The van der Waals surface area contributed by atoms with Gasteiger partial charge in [-0.15, -0.1) is 10.2 Å². The van der Waals surface area contributed by atoms with Crippen LogP contribution in [0.25, 0.3) is 0 Å². The molecule has 0 aromatic carbocycles. The van der Waals surface area contributed by atoms with Gasteiger partial charge in [0.25, 0.3) is 0 Å². The van der Waals surface area contributed by atoms with Crippen LogP contribution < -0.4 is 0 Å². The second-order valence-corrected chi connectivity index (χ2v) is 6.90. The molecule has 19 heavy (non-hydrogen) atoms. The summed E-state index contributed by atoms with van der Waals surface area (Å²) in [5, 5.41) is 17.3.